The molecule has 2 aromatic carbocycles. The average molecular weight is 405 g/mol. The number of sulfonamides is 1. The molecular weight excluding hydrogens is 379 g/mol. The van der Waals surface area contributed by atoms with Crippen LogP contribution in [-0.2, 0) is 26.7 Å². The minimum absolute atomic E-state index is 0.0815. The molecule has 7 heteroatoms. The summed E-state index contributed by atoms with van der Waals surface area (Å²) < 4.78 is 38.8. The molecule has 2 aromatic rings. The van der Waals surface area contributed by atoms with Crippen LogP contribution in [0.15, 0.2) is 48.5 Å². The Hall–Kier alpha value is -2.41. The molecule has 3 rings (SSSR count). The summed E-state index contributed by atoms with van der Waals surface area (Å²) in [6.07, 6.45) is 5.22. The number of carbonyl (C=O) groups is 1. The van der Waals surface area contributed by atoms with E-state index in [-0.39, 0.29) is 23.6 Å². The van der Waals surface area contributed by atoms with E-state index in [0.717, 1.165) is 37.5 Å². The molecule has 0 aromatic heterocycles. The summed E-state index contributed by atoms with van der Waals surface area (Å²) in [4.78, 5) is 12.6. The third-order valence-electron chi connectivity index (χ3n) is 5.30. The highest BCUT2D eigenvalue weighted by Crippen LogP contribution is 2.40. The number of benzene rings is 2. The molecule has 0 bridgehead atoms. The zero-order valence-corrected chi connectivity index (χ0v) is 16.7. The Bertz CT molecular complexity index is 936. The quantitative estimate of drug-likeness (QED) is 0.743. The van der Waals surface area contributed by atoms with Crippen LogP contribution in [0.5, 0.6) is 0 Å². The van der Waals surface area contributed by atoms with Crippen LogP contribution in [0.4, 0.5) is 10.1 Å². The minimum Gasteiger partial charge on any atom is -0.355 e. The predicted octanol–water partition coefficient (Wildman–Crippen LogP) is 3.37. The summed E-state index contributed by atoms with van der Waals surface area (Å²) in [5, 5.41) is 3.01. The number of rotatable bonds is 7. The molecule has 1 saturated carbocycles. The molecule has 28 heavy (non-hydrogen) atoms. The molecule has 0 saturated heterocycles. The van der Waals surface area contributed by atoms with Crippen LogP contribution in [0, 0.1) is 5.82 Å². The highest BCUT2D eigenvalue weighted by Gasteiger charge is 2.35. The molecule has 0 spiro atoms. The molecule has 0 heterocycles. The molecule has 5 nitrogen and oxygen atoms in total. The zero-order chi connectivity index (χ0) is 20.2. The molecule has 1 aliphatic carbocycles. The van der Waals surface area contributed by atoms with E-state index in [1.165, 1.54) is 12.1 Å². The van der Waals surface area contributed by atoms with Gasteiger partial charge in [-0.3, -0.25) is 9.52 Å². The second-order valence-corrected chi connectivity index (χ2v) is 9.23. The van der Waals surface area contributed by atoms with Crippen molar-refractivity contribution in [3.63, 3.8) is 0 Å². The fourth-order valence-electron chi connectivity index (χ4n) is 3.90. The van der Waals surface area contributed by atoms with Crippen molar-refractivity contribution in [3.05, 3.63) is 65.5 Å². The Morgan fingerprint density at radius 2 is 1.71 bits per heavy atom. The monoisotopic (exact) mass is 404 g/mol. The van der Waals surface area contributed by atoms with Crippen LogP contribution in [-0.4, -0.2) is 27.1 Å². The van der Waals surface area contributed by atoms with Gasteiger partial charge in [0.15, 0.2) is 0 Å². The summed E-state index contributed by atoms with van der Waals surface area (Å²) in [7, 11) is -3.42. The lowest BCUT2D eigenvalue weighted by molar-refractivity contribution is -0.120. The number of anilines is 1. The topological polar surface area (TPSA) is 75.3 Å². The molecule has 1 fully saturated rings. The van der Waals surface area contributed by atoms with Gasteiger partial charge >= 0.3 is 0 Å². The predicted molar refractivity (Wildman–Crippen MR) is 108 cm³/mol. The number of hydrogen-bond acceptors (Lipinski definition) is 3. The fraction of sp³-hybridized carbons (Fsp3) is 0.381. The number of halogens is 1. The number of para-hydroxylation sites is 1. The Labute approximate surface area is 165 Å². The Balaban J connectivity index is 1.69. The lowest BCUT2D eigenvalue weighted by atomic mass is 9.78. The van der Waals surface area contributed by atoms with Crippen molar-refractivity contribution in [2.24, 2.45) is 0 Å². The maximum absolute atomic E-state index is 13.3. The van der Waals surface area contributed by atoms with Crippen LogP contribution in [0.2, 0.25) is 0 Å². The van der Waals surface area contributed by atoms with Crippen LogP contribution >= 0.6 is 0 Å². The van der Waals surface area contributed by atoms with Gasteiger partial charge in [-0.15, -0.1) is 0 Å². The highest BCUT2D eigenvalue weighted by atomic mass is 32.2. The minimum atomic E-state index is -3.42. The van der Waals surface area contributed by atoms with E-state index in [9.17, 15) is 17.6 Å². The second kappa shape index (κ2) is 8.31. The highest BCUT2D eigenvalue weighted by molar-refractivity contribution is 7.92. The molecule has 0 atom stereocenters. The van der Waals surface area contributed by atoms with Crippen molar-refractivity contribution >= 4 is 21.6 Å². The number of hydrogen-bond donors (Lipinski definition) is 2. The van der Waals surface area contributed by atoms with Gasteiger partial charge in [-0.25, -0.2) is 12.8 Å². The van der Waals surface area contributed by atoms with Gasteiger partial charge in [0.2, 0.25) is 15.9 Å². The summed E-state index contributed by atoms with van der Waals surface area (Å²) >= 11 is 0. The van der Waals surface area contributed by atoms with E-state index >= 15 is 0 Å². The normalized spacial score (nSPS) is 15.9. The molecule has 0 radical (unpaired) electrons. The van der Waals surface area contributed by atoms with Gasteiger partial charge in [0, 0.05) is 12.0 Å². The number of amides is 1. The zero-order valence-electron chi connectivity index (χ0n) is 15.9. The third kappa shape index (κ3) is 5.10. The summed E-state index contributed by atoms with van der Waals surface area (Å²) in [6, 6.07) is 13.4. The maximum atomic E-state index is 13.3. The lowest BCUT2D eigenvalue weighted by Gasteiger charge is -2.30. The van der Waals surface area contributed by atoms with E-state index in [2.05, 4.69) is 10.0 Å². The SMILES string of the molecule is CS(=O)(=O)Nc1ccccc1CC(=O)NCC1(c2ccc(F)cc2)CCCC1. The van der Waals surface area contributed by atoms with Gasteiger partial charge in [-0.1, -0.05) is 43.2 Å². The first-order chi connectivity index (χ1) is 13.3. The van der Waals surface area contributed by atoms with Crippen molar-refractivity contribution < 1.29 is 17.6 Å². The van der Waals surface area contributed by atoms with Gasteiger partial charge in [-0.05, 0) is 42.2 Å². The molecule has 1 amide bonds. The van der Waals surface area contributed by atoms with Crippen molar-refractivity contribution in [3.8, 4) is 0 Å². The summed E-state index contributed by atoms with van der Waals surface area (Å²) in [5.74, 6) is -0.438. The first-order valence-electron chi connectivity index (χ1n) is 9.36. The van der Waals surface area contributed by atoms with E-state index in [0.29, 0.717) is 17.8 Å². The average Bonchev–Trinajstić information content (AvgIpc) is 3.11. The van der Waals surface area contributed by atoms with Gasteiger partial charge in [0.25, 0.3) is 0 Å². The van der Waals surface area contributed by atoms with Crippen LogP contribution in [0.25, 0.3) is 0 Å². The fourth-order valence-corrected chi connectivity index (χ4v) is 4.50. The molecule has 1 aliphatic rings. The van der Waals surface area contributed by atoms with Gasteiger partial charge in [0.05, 0.1) is 18.4 Å². The molecular formula is C21H25FN2O3S. The molecule has 2 N–H and O–H groups in total. The van der Waals surface area contributed by atoms with Gasteiger partial charge < -0.3 is 5.32 Å². The van der Waals surface area contributed by atoms with Crippen LogP contribution in [0.1, 0.15) is 36.8 Å². The van der Waals surface area contributed by atoms with Crippen molar-refractivity contribution in [1.82, 2.24) is 5.32 Å². The Morgan fingerprint density at radius 3 is 2.36 bits per heavy atom. The first-order valence-corrected chi connectivity index (χ1v) is 11.3. The molecule has 0 aliphatic heterocycles. The summed E-state index contributed by atoms with van der Waals surface area (Å²) in [6.45, 7) is 0.485. The van der Waals surface area contributed by atoms with Crippen molar-refractivity contribution in [2.75, 3.05) is 17.5 Å². The van der Waals surface area contributed by atoms with E-state index in [1.54, 1.807) is 36.4 Å². The van der Waals surface area contributed by atoms with Crippen molar-refractivity contribution in [1.29, 1.82) is 0 Å². The second-order valence-electron chi connectivity index (χ2n) is 7.48. The molecule has 150 valence electrons. The van der Waals surface area contributed by atoms with Crippen LogP contribution < -0.4 is 10.0 Å². The van der Waals surface area contributed by atoms with Crippen molar-refractivity contribution in [2.45, 2.75) is 37.5 Å². The number of nitrogens with one attached hydrogen (secondary N) is 2. The molecule has 0 unspecified atom stereocenters. The van der Waals surface area contributed by atoms with E-state index in [4.69, 9.17) is 0 Å². The standard InChI is InChI=1S/C21H25FN2O3S/c1-28(26,27)24-19-7-3-2-6-16(19)14-20(25)23-15-21(12-4-5-13-21)17-8-10-18(22)11-9-17/h2-3,6-11,24H,4-5,12-15H2,1H3,(H,23,25). The van der Waals surface area contributed by atoms with E-state index in [1.807, 2.05) is 0 Å². The van der Waals surface area contributed by atoms with E-state index < -0.39 is 10.0 Å². The lowest BCUT2D eigenvalue weighted by Crippen LogP contribution is -2.39. The Kier molecular flexibility index (Phi) is 6.03. The Morgan fingerprint density at radius 1 is 1.07 bits per heavy atom. The number of carbonyl (C=O) groups excluding carboxylic acids is 1. The smallest absolute Gasteiger partial charge is 0.229 e. The largest absolute Gasteiger partial charge is 0.355 e. The maximum Gasteiger partial charge on any atom is 0.229 e. The third-order valence-corrected chi connectivity index (χ3v) is 5.90. The van der Waals surface area contributed by atoms with Gasteiger partial charge in [0.1, 0.15) is 5.82 Å². The van der Waals surface area contributed by atoms with Crippen LogP contribution in [0.3, 0.4) is 0 Å². The first kappa shape index (κ1) is 20.3. The summed E-state index contributed by atoms with van der Waals surface area (Å²) in [5.41, 5.74) is 1.90. The van der Waals surface area contributed by atoms with Gasteiger partial charge in [-0.2, -0.15) is 0 Å².